The Kier molecular flexibility index (Phi) is 8.35. The van der Waals surface area contributed by atoms with Crippen LogP contribution in [0.25, 0.3) is 11.3 Å². The highest BCUT2D eigenvalue weighted by molar-refractivity contribution is 7.89. The predicted molar refractivity (Wildman–Crippen MR) is 158 cm³/mol. The average molecular weight is 570 g/mol. The fourth-order valence-electron chi connectivity index (χ4n) is 4.03. The first-order valence-corrected chi connectivity index (χ1v) is 15.0. The van der Waals surface area contributed by atoms with E-state index in [2.05, 4.69) is 10.3 Å². The number of para-hydroxylation sites is 1. The summed E-state index contributed by atoms with van der Waals surface area (Å²) in [6.07, 6.45) is 0. The van der Waals surface area contributed by atoms with Crippen LogP contribution in [0.1, 0.15) is 22.8 Å². The van der Waals surface area contributed by atoms with Gasteiger partial charge in [-0.1, -0.05) is 55.5 Å². The number of hydrogen-bond acceptors (Lipinski definition) is 6. The van der Waals surface area contributed by atoms with Gasteiger partial charge in [-0.3, -0.25) is 10.1 Å². The number of nitrogens with zero attached hydrogens (tertiary/aromatic N) is 2. The number of amides is 1. The second-order valence-electron chi connectivity index (χ2n) is 8.87. The largest absolute Gasteiger partial charge is 0.457 e. The normalized spacial score (nSPS) is 11.3. The monoisotopic (exact) mass is 569 g/mol. The van der Waals surface area contributed by atoms with Crippen LogP contribution in [0.15, 0.2) is 119 Å². The van der Waals surface area contributed by atoms with Crippen LogP contribution in [0.5, 0.6) is 11.5 Å². The number of aromatic nitrogens is 1. The molecule has 1 N–H and O–H groups in total. The zero-order valence-electron chi connectivity index (χ0n) is 21.7. The van der Waals surface area contributed by atoms with Crippen molar-refractivity contribution in [3.63, 3.8) is 0 Å². The Morgan fingerprint density at radius 1 is 0.850 bits per heavy atom. The maximum absolute atomic E-state index is 13.2. The molecule has 4 aromatic carbocycles. The molecule has 40 heavy (non-hydrogen) atoms. The molecule has 0 fully saturated rings. The van der Waals surface area contributed by atoms with Gasteiger partial charge >= 0.3 is 0 Å². The highest BCUT2D eigenvalue weighted by Crippen LogP contribution is 2.28. The van der Waals surface area contributed by atoms with E-state index in [0.717, 1.165) is 22.6 Å². The van der Waals surface area contributed by atoms with Gasteiger partial charge in [0.15, 0.2) is 5.13 Å². The van der Waals surface area contributed by atoms with Crippen LogP contribution in [0.2, 0.25) is 0 Å². The van der Waals surface area contributed by atoms with Gasteiger partial charge in [-0.05, 0) is 66.2 Å². The van der Waals surface area contributed by atoms with Crippen LogP contribution >= 0.6 is 11.3 Å². The second kappa shape index (κ2) is 12.3. The van der Waals surface area contributed by atoms with Crippen molar-refractivity contribution < 1.29 is 17.9 Å². The zero-order chi connectivity index (χ0) is 28.0. The molecular weight excluding hydrogens is 542 g/mol. The number of carbonyl (C=O) groups is 1. The van der Waals surface area contributed by atoms with E-state index < -0.39 is 10.0 Å². The molecule has 0 radical (unpaired) electrons. The summed E-state index contributed by atoms with van der Waals surface area (Å²) < 4.78 is 33.6. The zero-order valence-corrected chi connectivity index (χ0v) is 23.4. The number of rotatable bonds is 10. The van der Waals surface area contributed by atoms with Gasteiger partial charge in [0, 0.05) is 29.6 Å². The Morgan fingerprint density at radius 3 is 2.12 bits per heavy atom. The molecule has 9 heteroatoms. The molecule has 202 valence electrons. The molecule has 5 aromatic rings. The molecule has 1 heterocycles. The van der Waals surface area contributed by atoms with Crippen molar-refractivity contribution in [2.45, 2.75) is 18.4 Å². The first kappa shape index (κ1) is 27.3. The molecule has 0 aliphatic carbocycles. The molecule has 1 amide bonds. The Hall–Kier alpha value is -4.31. The smallest absolute Gasteiger partial charge is 0.257 e. The standard InChI is InChI=1S/C31H27N3O4S2/c1-2-34(21-23-9-5-3-6-10-23)40(36,37)28-19-15-25(16-20-28)30(35)33-31-32-29(22-39-31)24-13-17-27(18-14-24)38-26-11-7-4-8-12-26/h3-20,22H,2,21H2,1H3,(H,32,33,35). The number of thiazole rings is 1. The third kappa shape index (κ3) is 6.45. The minimum Gasteiger partial charge on any atom is -0.457 e. The van der Waals surface area contributed by atoms with Crippen LogP contribution in [0.4, 0.5) is 5.13 Å². The fourth-order valence-corrected chi connectivity index (χ4v) is 6.18. The van der Waals surface area contributed by atoms with Crippen molar-refractivity contribution >= 4 is 32.4 Å². The summed E-state index contributed by atoms with van der Waals surface area (Å²) in [4.78, 5) is 17.5. The summed E-state index contributed by atoms with van der Waals surface area (Å²) in [5.74, 6) is 1.11. The number of hydrogen-bond donors (Lipinski definition) is 1. The Labute approximate surface area is 237 Å². The Balaban J connectivity index is 1.22. The van der Waals surface area contributed by atoms with Gasteiger partial charge in [-0.25, -0.2) is 13.4 Å². The second-order valence-corrected chi connectivity index (χ2v) is 11.7. The van der Waals surface area contributed by atoms with E-state index in [1.165, 1.54) is 39.9 Å². The number of sulfonamides is 1. The van der Waals surface area contributed by atoms with Crippen LogP contribution in [-0.2, 0) is 16.6 Å². The highest BCUT2D eigenvalue weighted by atomic mass is 32.2. The van der Waals surface area contributed by atoms with E-state index in [1.807, 2.05) is 90.3 Å². The molecule has 0 unspecified atom stereocenters. The first-order chi connectivity index (χ1) is 19.4. The van der Waals surface area contributed by atoms with Crippen molar-refractivity contribution in [2.24, 2.45) is 0 Å². The Morgan fingerprint density at radius 2 is 1.48 bits per heavy atom. The molecule has 5 rings (SSSR count). The minimum atomic E-state index is -3.72. The molecule has 0 spiro atoms. The first-order valence-electron chi connectivity index (χ1n) is 12.7. The molecule has 7 nitrogen and oxygen atoms in total. The lowest BCUT2D eigenvalue weighted by Gasteiger charge is -2.20. The molecule has 0 aliphatic rings. The van der Waals surface area contributed by atoms with Gasteiger partial charge in [0.25, 0.3) is 5.91 Å². The lowest BCUT2D eigenvalue weighted by Crippen LogP contribution is -2.30. The fraction of sp³-hybridized carbons (Fsp3) is 0.0968. The third-order valence-corrected chi connectivity index (χ3v) is 8.86. The average Bonchev–Trinajstić information content (AvgIpc) is 3.45. The van der Waals surface area contributed by atoms with Crippen molar-refractivity contribution in [3.05, 3.63) is 126 Å². The maximum atomic E-state index is 13.2. The number of benzene rings is 4. The molecule has 0 saturated heterocycles. The lowest BCUT2D eigenvalue weighted by atomic mass is 10.2. The lowest BCUT2D eigenvalue weighted by molar-refractivity contribution is 0.102. The summed E-state index contributed by atoms with van der Waals surface area (Å²) in [6.45, 7) is 2.41. The number of anilines is 1. The van der Waals surface area contributed by atoms with Crippen molar-refractivity contribution in [2.75, 3.05) is 11.9 Å². The molecule has 0 aliphatic heterocycles. The summed E-state index contributed by atoms with van der Waals surface area (Å²) in [5, 5.41) is 5.11. The molecule has 0 bridgehead atoms. The number of ether oxygens (including phenoxy) is 1. The SMILES string of the molecule is CCN(Cc1ccccc1)S(=O)(=O)c1ccc(C(=O)Nc2nc(-c3ccc(Oc4ccccc4)cc3)cs2)cc1. The van der Waals surface area contributed by atoms with E-state index in [0.29, 0.717) is 23.0 Å². The summed E-state index contributed by atoms with van der Waals surface area (Å²) in [5.41, 5.74) is 2.86. The third-order valence-electron chi connectivity index (χ3n) is 6.16. The number of nitrogens with one attached hydrogen (secondary N) is 1. The van der Waals surface area contributed by atoms with E-state index >= 15 is 0 Å². The molecule has 0 saturated carbocycles. The molecule has 0 atom stereocenters. The predicted octanol–water partition coefficient (Wildman–Crippen LogP) is 7.07. The van der Waals surface area contributed by atoms with Crippen LogP contribution in [0, 0.1) is 0 Å². The van der Waals surface area contributed by atoms with Gasteiger partial charge in [0.05, 0.1) is 10.6 Å². The van der Waals surface area contributed by atoms with Crippen molar-refractivity contribution in [3.8, 4) is 22.8 Å². The van der Waals surface area contributed by atoms with Gasteiger partial charge < -0.3 is 4.74 Å². The van der Waals surface area contributed by atoms with E-state index in [1.54, 1.807) is 6.92 Å². The maximum Gasteiger partial charge on any atom is 0.257 e. The summed E-state index contributed by atoms with van der Waals surface area (Å²) in [6, 6.07) is 32.5. The number of carbonyl (C=O) groups excluding carboxylic acids is 1. The summed E-state index contributed by atoms with van der Waals surface area (Å²) in [7, 11) is -3.72. The van der Waals surface area contributed by atoms with Crippen molar-refractivity contribution in [1.82, 2.24) is 9.29 Å². The van der Waals surface area contributed by atoms with Gasteiger partial charge in [-0.2, -0.15) is 4.31 Å². The van der Waals surface area contributed by atoms with Gasteiger partial charge in [0.1, 0.15) is 11.5 Å². The highest BCUT2D eigenvalue weighted by Gasteiger charge is 2.23. The molecular formula is C31H27N3O4S2. The topological polar surface area (TPSA) is 88.6 Å². The van der Waals surface area contributed by atoms with Crippen LogP contribution < -0.4 is 10.1 Å². The summed E-state index contributed by atoms with van der Waals surface area (Å²) >= 11 is 1.31. The molecule has 1 aromatic heterocycles. The Bertz CT molecular complexity index is 1670. The van der Waals surface area contributed by atoms with Gasteiger partial charge in [-0.15, -0.1) is 11.3 Å². The van der Waals surface area contributed by atoms with E-state index in [-0.39, 0.29) is 17.3 Å². The van der Waals surface area contributed by atoms with Crippen LogP contribution in [-0.4, -0.2) is 30.2 Å². The van der Waals surface area contributed by atoms with E-state index in [9.17, 15) is 13.2 Å². The van der Waals surface area contributed by atoms with Crippen LogP contribution in [0.3, 0.4) is 0 Å². The van der Waals surface area contributed by atoms with Gasteiger partial charge in [0.2, 0.25) is 10.0 Å². The van der Waals surface area contributed by atoms with Crippen molar-refractivity contribution in [1.29, 1.82) is 0 Å². The van der Waals surface area contributed by atoms with E-state index in [4.69, 9.17) is 4.74 Å². The minimum absolute atomic E-state index is 0.137. The quantitative estimate of drug-likeness (QED) is 0.194.